The van der Waals surface area contributed by atoms with Crippen molar-refractivity contribution in [2.75, 3.05) is 10.6 Å². The lowest BCUT2D eigenvalue weighted by atomic mass is 10.3. The van der Waals surface area contributed by atoms with E-state index >= 15 is 0 Å². The molecule has 3 aromatic rings. The van der Waals surface area contributed by atoms with Crippen molar-refractivity contribution in [3.8, 4) is 0 Å². The first kappa shape index (κ1) is 18.2. The summed E-state index contributed by atoms with van der Waals surface area (Å²) < 4.78 is 12.9. The van der Waals surface area contributed by atoms with Crippen LogP contribution in [0.15, 0.2) is 49.1 Å². The van der Waals surface area contributed by atoms with Crippen molar-refractivity contribution in [1.29, 1.82) is 0 Å². The van der Waals surface area contributed by atoms with Gasteiger partial charge in [0, 0.05) is 6.20 Å². The van der Waals surface area contributed by atoms with E-state index in [9.17, 15) is 9.18 Å². The molecule has 0 aliphatic rings. The normalized spacial score (nSPS) is 9.84. The number of halogens is 2. The molecule has 0 unspecified atom stereocenters. The van der Waals surface area contributed by atoms with Crippen molar-refractivity contribution in [2.45, 2.75) is 6.92 Å². The molecule has 0 atom stereocenters. The van der Waals surface area contributed by atoms with E-state index < -0.39 is 11.7 Å². The summed E-state index contributed by atoms with van der Waals surface area (Å²) in [5.74, 6) is -0.482. The Bertz CT molecular complexity index is 860. The van der Waals surface area contributed by atoms with Gasteiger partial charge in [-0.2, -0.15) is 0 Å². The fourth-order valence-electron chi connectivity index (χ4n) is 1.93. The van der Waals surface area contributed by atoms with Gasteiger partial charge in [-0.25, -0.2) is 19.3 Å². The molecule has 3 aromatic heterocycles. The number of pyridine rings is 2. The number of carbonyl (C=O) groups excluding carboxylic acids is 1. The Morgan fingerprint density at radius 2 is 1.96 bits per heavy atom. The molecular formula is C16H14ClFN6O. The summed E-state index contributed by atoms with van der Waals surface area (Å²) in [6, 6.07) is 6.12. The van der Waals surface area contributed by atoms with Gasteiger partial charge in [-0.1, -0.05) is 0 Å². The second kappa shape index (κ2) is 8.11. The van der Waals surface area contributed by atoms with E-state index in [1.54, 1.807) is 37.6 Å². The Balaban J connectivity index is 0.00000225. The Morgan fingerprint density at radius 1 is 1.12 bits per heavy atom. The molecule has 128 valence electrons. The van der Waals surface area contributed by atoms with Crippen molar-refractivity contribution < 1.29 is 9.18 Å². The lowest BCUT2D eigenvalue weighted by Gasteiger charge is -2.10. The first-order valence-corrected chi connectivity index (χ1v) is 7.05. The van der Waals surface area contributed by atoms with E-state index in [1.165, 1.54) is 12.1 Å². The average Bonchev–Trinajstić information content (AvgIpc) is 2.59. The highest BCUT2D eigenvalue weighted by Gasteiger charge is 2.16. The molecule has 25 heavy (non-hydrogen) atoms. The van der Waals surface area contributed by atoms with Crippen LogP contribution in [0.2, 0.25) is 0 Å². The molecule has 7 nitrogen and oxygen atoms in total. The molecule has 0 aliphatic carbocycles. The quantitative estimate of drug-likeness (QED) is 0.742. The fraction of sp³-hybridized carbons (Fsp3) is 0.0625. The monoisotopic (exact) mass is 360 g/mol. The van der Waals surface area contributed by atoms with Gasteiger partial charge < -0.3 is 10.6 Å². The van der Waals surface area contributed by atoms with Gasteiger partial charge in [-0.15, -0.1) is 12.4 Å². The third-order valence-electron chi connectivity index (χ3n) is 3.00. The molecule has 3 rings (SSSR count). The van der Waals surface area contributed by atoms with Gasteiger partial charge in [-0.3, -0.25) is 9.78 Å². The van der Waals surface area contributed by atoms with Gasteiger partial charge in [0.15, 0.2) is 11.5 Å². The largest absolute Gasteiger partial charge is 0.337 e. The topological polar surface area (TPSA) is 92.7 Å². The number of hydrogen-bond acceptors (Lipinski definition) is 6. The van der Waals surface area contributed by atoms with Crippen molar-refractivity contribution in [2.24, 2.45) is 0 Å². The van der Waals surface area contributed by atoms with E-state index in [2.05, 4.69) is 30.6 Å². The highest BCUT2D eigenvalue weighted by atomic mass is 35.5. The summed E-state index contributed by atoms with van der Waals surface area (Å²) in [5.41, 5.74) is 1.36. The number of nitrogens with one attached hydrogen (secondary N) is 2. The van der Waals surface area contributed by atoms with Crippen molar-refractivity contribution in [3.05, 3.63) is 66.3 Å². The van der Waals surface area contributed by atoms with Gasteiger partial charge in [-0.05, 0) is 31.2 Å². The van der Waals surface area contributed by atoms with E-state index in [1.807, 2.05) is 0 Å². The fourth-order valence-corrected chi connectivity index (χ4v) is 1.93. The molecule has 2 N–H and O–H groups in total. The molecule has 0 bridgehead atoms. The molecule has 0 spiro atoms. The Morgan fingerprint density at radius 3 is 2.64 bits per heavy atom. The van der Waals surface area contributed by atoms with Crippen LogP contribution in [0, 0.1) is 12.7 Å². The first-order chi connectivity index (χ1) is 11.6. The highest BCUT2D eigenvalue weighted by molar-refractivity contribution is 6.05. The molecule has 1 amide bonds. The predicted octanol–water partition coefficient (Wildman–Crippen LogP) is 3.13. The number of aromatic nitrogens is 4. The van der Waals surface area contributed by atoms with Gasteiger partial charge in [0.2, 0.25) is 0 Å². The second-order valence-corrected chi connectivity index (χ2v) is 4.89. The van der Waals surface area contributed by atoms with Gasteiger partial charge in [0.1, 0.15) is 11.6 Å². The summed E-state index contributed by atoms with van der Waals surface area (Å²) in [4.78, 5) is 28.7. The maximum absolute atomic E-state index is 12.9. The molecule has 0 aliphatic heterocycles. The molecule has 0 fully saturated rings. The van der Waals surface area contributed by atoms with Crippen LogP contribution in [0.3, 0.4) is 0 Å². The summed E-state index contributed by atoms with van der Waals surface area (Å²) in [6.07, 6.45) is 5.81. The number of nitrogens with zero attached hydrogens (tertiary/aromatic N) is 4. The number of aryl methyl sites for hydroxylation is 1. The number of anilines is 3. The zero-order valence-corrected chi connectivity index (χ0v) is 13.9. The minimum Gasteiger partial charge on any atom is -0.337 e. The minimum atomic E-state index is -0.503. The van der Waals surface area contributed by atoms with Gasteiger partial charge >= 0.3 is 0 Å². The molecule has 0 saturated carbocycles. The summed E-state index contributed by atoms with van der Waals surface area (Å²) >= 11 is 0. The van der Waals surface area contributed by atoms with Crippen LogP contribution in [0.25, 0.3) is 0 Å². The van der Waals surface area contributed by atoms with Gasteiger partial charge in [0.05, 0.1) is 30.0 Å². The number of rotatable bonds is 4. The molecule has 0 aromatic carbocycles. The number of hydrogen-bond donors (Lipinski definition) is 2. The maximum atomic E-state index is 12.9. The van der Waals surface area contributed by atoms with Crippen molar-refractivity contribution in [1.82, 2.24) is 19.9 Å². The first-order valence-electron chi connectivity index (χ1n) is 7.05. The Hall–Kier alpha value is -3.13. The number of carbonyl (C=O) groups is 1. The smallest absolute Gasteiger partial charge is 0.279 e. The summed E-state index contributed by atoms with van der Waals surface area (Å²) in [7, 11) is 0. The average molecular weight is 361 g/mol. The minimum absolute atomic E-state index is 0. The van der Waals surface area contributed by atoms with E-state index in [0.717, 1.165) is 6.20 Å². The number of amides is 1. The van der Waals surface area contributed by atoms with Crippen LogP contribution in [-0.4, -0.2) is 25.8 Å². The van der Waals surface area contributed by atoms with Crippen LogP contribution >= 0.6 is 12.4 Å². The lowest BCUT2D eigenvalue weighted by Crippen LogP contribution is -2.18. The third kappa shape index (κ3) is 4.67. The SMILES string of the molecule is Cc1cnc(Nc2cccnc2)c(C(=O)Nc2ccc(F)cn2)n1.Cl. The zero-order chi connectivity index (χ0) is 16.9. The molecule has 3 heterocycles. The zero-order valence-electron chi connectivity index (χ0n) is 13.1. The van der Waals surface area contributed by atoms with Crippen LogP contribution < -0.4 is 10.6 Å². The van der Waals surface area contributed by atoms with E-state index in [0.29, 0.717) is 11.4 Å². The van der Waals surface area contributed by atoms with Crippen LogP contribution in [-0.2, 0) is 0 Å². The van der Waals surface area contributed by atoms with Crippen LogP contribution in [0.4, 0.5) is 21.7 Å². The van der Waals surface area contributed by atoms with Crippen molar-refractivity contribution >= 4 is 35.6 Å². The van der Waals surface area contributed by atoms with Crippen LogP contribution in [0.5, 0.6) is 0 Å². The molecule has 0 radical (unpaired) electrons. The van der Waals surface area contributed by atoms with Crippen LogP contribution in [0.1, 0.15) is 16.2 Å². The Labute approximate surface area is 149 Å². The standard InChI is InChI=1S/C16H13FN6O.ClH/c1-10-7-20-15(22-12-3-2-6-18-9-12)14(21-10)16(24)23-13-5-4-11(17)8-19-13;/h2-9H,1H3,(H,20,22)(H,19,23,24);1H. The van der Waals surface area contributed by atoms with Gasteiger partial charge in [0.25, 0.3) is 5.91 Å². The highest BCUT2D eigenvalue weighted by Crippen LogP contribution is 2.18. The molecule has 0 saturated heterocycles. The van der Waals surface area contributed by atoms with E-state index in [-0.39, 0.29) is 29.7 Å². The third-order valence-corrected chi connectivity index (χ3v) is 3.00. The van der Waals surface area contributed by atoms with E-state index in [4.69, 9.17) is 0 Å². The molecule has 9 heteroatoms. The summed E-state index contributed by atoms with van der Waals surface area (Å²) in [5, 5.41) is 5.56. The summed E-state index contributed by atoms with van der Waals surface area (Å²) in [6.45, 7) is 1.73. The lowest BCUT2D eigenvalue weighted by molar-refractivity contribution is 0.102. The second-order valence-electron chi connectivity index (χ2n) is 4.89. The molecular weight excluding hydrogens is 347 g/mol. The Kier molecular flexibility index (Phi) is 5.91. The predicted molar refractivity (Wildman–Crippen MR) is 93.7 cm³/mol. The van der Waals surface area contributed by atoms with Crippen molar-refractivity contribution in [3.63, 3.8) is 0 Å². The maximum Gasteiger partial charge on any atom is 0.279 e.